The third-order valence-corrected chi connectivity index (χ3v) is 7.82. The van der Waals surface area contributed by atoms with Gasteiger partial charge in [0.2, 0.25) is 0 Å². The van der Waals surface area contributed by atoms with Crippen LogP contribution in [-0.4, -0.2) is 55.0 Å². The molecule has 1 saturated carbocycles. The van der Waals surface area contributed by atoms with E-state index in [-0.39, 0.29) is 5.75 Å². The summed E-state index contributed by atoms with van der Waals surface area (Å²) in [5.74, 6) is 1.38. The summed E-state index contributed by atoms with van der Waals surface area (Å²) in [5.41, 5.74) is 6.06. The van der Waals surface area contributed by atoms with Crippen LogP contribution < -0.4 is 4.90 Å². The van der Waals surface area contributed by atoms with Crippen molar-refractivity contribution in [2.75, 3.05) is 38.6 Å². The molecule has 1 aliphatic carbocycles. The summed E-state index contributed by atoms with van der Waals surface area (Å²) in [6.07, 6.45) is 5.56. The number of piperidine rings is 1. The van der Waals surface area contributed by atoms with Crippen molar-refractivity contribution in [1.29, 1.82) is 0 Å². The lowest BCUT2D eigenvalue weighted by Crippen LogP contribution is -2.37. The molecule has 0 atom stereocenters. The van der Waals surface area contributed by atoms with Gasteiger partial charge in [-0.2, -0.15) is 0 Å². The molecule has 0 bridgehead atoms. The summed E-state index contributed by atoms with van der Waals surface area (Å²) in [4.78, 5) is 22.3. The van der Waals surface area contributed by atoms with Crippen molar-refractivity contribution in [1.82, 2.24) is 9.88 Å². The van der Waals surface area contributed by atoms with Crippen molar-refractivity contribution in [3.8, 4) is 16.9 Å². The number of pyridine rings is 1. The number of phenols is 1. The number of aldehydes is 1. The normalized spacial score (nSPS) is 16.8. The zero-order chi connectivity index (χ0) is 24.8. The standard InChI is InChI=1S/C31H33N3O2/c1-33(2)18-20-11-13-34(14-12-20)31-27-17-25(22-5-6-24-16-26(36)9-7-23(24)15-22)8-10-29(27)32-30(21-3-4-21)28(31)19-35/h5-10,15-17,19-21,36H,3-4,11-14,18H2,1-2H3. The lowest BCUT2D eigenvalue weighted by atomic mass is 9.93. The van der Waals surface area contributed by atoms with Crippen molar-refractivity contribution < 1.29 is 9.90 Å². The molecule has 184 valence electrons. The van der Waals surface area contributed by atoms with E-state index in [0.717, 1.165) is 101 Å². The predicted molar refractivity (Wildman–Crippen MR) is 147 cm³/mol. The number of nitrogens with zero attached hydrogens (tertiary/aromatic N) is 3. The van der Waals surface area contributed by atoms with Gasteiger partial charge in [-0.25, -0.2) is 0 Å². The molecule has 6 rings (SSSR count). The lowest BCUT2D eigenvalue weighted by Gasteiger charge is -2.36. The van der Waals surface area contributed by atoms with Gasteiger partial charge in [-0.05, 0) is 97.9 Å². The molecule has 4 aromatic rings. The molecular weight excluding hydrogens is 446 g/mol. The maximum absolute atomic E-state index is 12.5. The number of anilines is 1. The summed E-state index contributed by atoms with van der Waals surface area (Å²) in [5, 5.41) is 13.0. The molecule has 1 saturated heterocycles. The lowest BCUT2D eigenvalue weighted by molar-refractivity contribution is 0.112. The van der Waals surface area contributed by atoms with Crippen LogP contribution in [0.2, 0.25) is 0 Å². The van der Waals surface area contributed by atoms with Gasteiger partial charge in [0.15, 0.2) is 6.29 Å². The van der Waals surface area contributed by atoms with Crippen LogP contribution in [0, 0.1) is 5.92 Å². The Bertz CT molecular complexity index is 1450. The van der Waals surface area contributed by atoms with Gasteiger partial charge in [0, 0.05) is 30.9 Å². The summed E-state index contributed by atoms with van der Waals surface area (Å²) >= 11 is 0. The molecular formula is C31H33N3O2. The van der Waals surface area contributed by atoms with E-state index in [1.165, 1.54) is 0 Å². The Morgan fingerprint density at radius 2 is 1.64 bits per heavy atom. The van der Waals surface area contributed by atoms with Gasteiger partial charge in [0.25, 0.3) is 0 Å². The average molecular weight is 480 g/mol. The molecule has 1 aliphatic heterocycles. The van der Waals surface area contributed by atoms with E-state index in [2.05, 4.69) is 60.3 Å². The summed E-state index contributed by atoms with van der Waals surface area (Å²) in [6, 6.07) is 18.3. The Labute approximate surface area is 212 Å². The number of hydrogen-bond acceptors (Lipinski definition) is 5. The van der Waals surface area contributed by atoms with E-state index >= 15 is 0 Å². The van der Waals surface area contributed by atoms with Gasteiger partial charge in [0.1, 0.15) is 5.75 Å². The summed E-state index contributed by atoms with van der Waals surface area (Å²) in [6.45, 7) is 3.04. The molecule has 36 heavy (non-hydrogen) atoms. The van der Waals surface area contributed by atoms with Gasteiger partial charge in [-0.1, -0.05) is 24.3 Å². The first-order valence-corrected chi connectivity index (χ1v) is 13.1. The maximum atomic E-state index is 12.5. The third kappa shape index (κ3) is 4.33. The van der Waals surface area contributed by atoms with Crippen molar-refractivity contribution in [2.45, 2.75) is 31.6 Å². The number of benzene rings is 3. The van der Waals surface area contributed by atoms with E-state index in [1.54, 1.807) is 12.1 Å². The fourth-order valence-corrected chi connectivity index (χ4v) is 5.85. The first-order chi connectivity index (χ1) is 17.5. The Morgan fingerprint density at radius 3 is 2.36 bits per heavy atom. The number of fused-ring (bicyclic) bond motifs is 2. The molecule has 5 nitrogen and oxygen atoms in total. The van der Waals surface area contributed by atoms with Crippen LogP contribution in [-0.2, 0) is 0 Å². The quantitative estimate of drug-likeness (QED) is 0.332. The van der Waals surface area contributed by atoms with E-state index in [1.807, 2.05) is 6.07 Å². The van der Waals surface area contributed by atoms with Crippen LogP contribution >= 0.6 is 0 Å². The van der Waals surface area contributed by atoms with Crippen molar-refractivity contribution >= 4 is 33.6 Å². The van der Waals surface area contributed by atoms with Crippen LogP contribution in [0.4, 0.5) is 5.69 Å². The number of phenolic OH excluding ortho intramolecular Hbond substituents is 1. The Morgan fingerprint density at radius 1 is 0.944 bits per heavy atom. The summed E-state index contributed by atoms with van der Waals surface area (Å²) < 4.78 is 0. The first kappa shape index (κ1) is 23.0. The molecule has 0 radical (unpaired) electrons. The SMILES string of the molecule is CN(C)CC1CCN(c2c(C=O)c(C3CC3)nc3ccc(-c4ccc5cc(O)ccc5c4)cc23)CC1. The minimum absolute atomic E-state index is 0.277. The number of hydrogen-bond donors (Lipinski definition) is 1. The van der Waals surface area contributed by atoms with Gasteiger partial charge < -0.3 is 14.9 Å². The first-order valence-electron chi connectivity index (χ1n) is 13.1. The zero-order valence-electron chi connectivity index (χ0n) is 21.1. The molecule has 3 aromatic carbocycles. The maximum Gasteiger partial charge on any atom is 0.154 e. The summed E-state index contributed by atoms with van der Waals surface area (Å²) in [7, 11) is 4.29. The highest BCUT2D eigenvalue weighted by Gasteiger charge is 2.32. The number of carbonyl (C=O) groups excluding carboxylic acids is 1. The van der Waals surface area contributed by atoms with E-state index < -0.39 is 0 Å². The van der Waals surface area contributed by atoms with Crippen LogP contribution in [0.25, 0.3) is 32.8 Å². The van der Waals surface area contributed by atoms with Crippen LogP contribution in [0.3, 0.4) is 0 Å². The second-order valence-corrected chi connectivity index (χ2v) is 10.8. The second-order valence-electron chi connectivity index (χ2n) is 10.8. The molecule has 5 heteroatoms. The monoisotopic (exact) mass is 479 g/mol. The third-order valence-electron chi connectivity index (χ3n) is 7.82. The number of aromatic hydroxyl groups is 1. The van der Waals surface area contributed by atoms with E-state index in [9.17, 15) is 9.90 Å². The Balaban J connectivity index is 1.45. The van der Waals surface area contributed by atoms with Crippen LogP contribution in [0.15, 0.2) is 54.6 Å². The number of aromatic nitrogens is 1. The highest BCUT2D eigenvalue weighted by Crippen LogP contribution is 2.45. The van der Waals surface area contributed by atoms with E-state index in [0.29, 0.717) is 11.8 Å². The van der Waals surface area contributed by atoms with Gasteiger partial charge in [-0.15, -0.1) is 0 Å². The van der Waals surface area contributed by atoms with Crippen molar-refractivity contribution in [3.63, 3.8) is 0 Å². The topological polar surface area (TPSA) is 56.7 Å². The molecule has 0 unspecified atom stereocenters. The molecule has 0 spiro atoms. The number of rotatable bonds is 6. The minimum atomic E-state index is 0.277. The highest BCUT2D eigenvalue weighted by atomic mass is 16.3. The smallest absolute Gasteiger partial charge is 0.154 e. The molecule has 2 fully saturated rings. The zero-order valence-corrected chi connectivity index (χ0v) is 21.1. The van der Waals surface area contributed by atoms with Gasteiger partial charge in [0.05, 0.1) is 22.5 Å². The van der Waals surface area contributed by atoms with Gasteiger partial charge in [-0.3, -0.25) is 9.78 Å². The van der Waals surface area contributed by atoms with Crippen LogP contribution in [0.1, 0.15) is 47.7 Å². The van der Waals surface area contributed by atoms with E-state index in [4.69, 9.17) is 4.98 Å². The average Bonchev–Trinajstić information content (AvgIpc) is 3.73. The van der Waals surface area contributed by atoms with Crippen LogP contribution in [0.5, 0.6) is 5.75 Å². The highest BCUT2D eigenvalue weighted by molar-refractivity contribution is 6.03. The molecule has 0 amide bonds. The minimum Gasteiger partial charge on any atom is -0.508 e. The van der Waals surface area contributed by atoms with Gasteiger partial charge >= 0.3 is 0 Å². The Hall–Kier alpha value is -3.44. The molecule has 1 aromatic heterocycles. The fraction of sp³-hybridized carbons (Fsp3) is 0.355. The fourth-order valence-electron chi connectivity index (χ4n) is 5.85. The predicted octanol–water partition coefficient (Wildman–Crippen LogP) is 6.23. The largest absolute Gasteiger partial charge is 0.508 e. The molecule has 2 aliphatic rings. The number of carbonyl (C=O) groups is 1. The van der Waals surface area contributed by atoms with Crippen molar-refractivity contribution in [3.05, 3.63) is 65.9 Å². The molecule has 2 heterocycles. The Kier molecular flexibility index (Phi) is 5.88. The molecule has 1 N–H and O–H groups in total. The second kappa shape index (κ2) is 9.21. The van der Waals surface area contributed by atoms with Crippen molar-refractivity contribution in [2.24, 2.45) is 5.92 Å².